The first kappa shape index (κ1) is 67.7. The van der Waals surface area contributed by atoms with Crippen molar-refractivity contribution >= 4 is 47.4 Å². The highest BCUT2D eigenvalue weighted by Gasteiger charge is 2.25. The van der Waals surface area contributed by atoms with Gasteiger partial charge in [0, 0.05) is 59.6 Å². The van der Waals surface area contributed by atoms with Crippen LogP contribution in [0.2, 0.25) is 0 Å². The van der Waals surface area contributed by atoms with Crippen LogP contribution in [0.5, 0.6) is 5.75 Å². The van der Waals surface area contributed by atoms with Crippen molar-refractivity contribution < 1.29 is 98.3 Å². The van der Waals surface area contributed by atoms with Crippen molar-refractivity contribution in [3.05, 3.63) is 62.0 Å². The number of esters is 1. The van der Waals surface area contributed by atoms with Crippen LogP contribution in [-0.2, 0) is 77.8 Å². The molecule has 80 heavy (non-hydrogen) atoms. The first-order valence-corrected chi connectivity index (χ1v) is 27.9. The van der Waals surface area contributed by atoms with Crippen LogP contribution in [-0.4, -0.2) is 200 Å². The number of thiophene rings is 1. The van der Waals surface area contributed by atoms with E-state index in [0.29, 0.717) is 163 Å². The number of nitrogens with zero attached hydrogens (tertiary/aromatic N) is 1. The standard InChI is InChI=1S/C54H80F4N4O17S/c1-2-10-62(11-4-9-60-54(66)78-43-5-3-6-43)53(65)41-35-42(59)34-40-36-44(80-47(40)37-41)39-61-48(63)7-12-67-14-16-69-18-20-71-22-24-73-26-28-75-30-32-77-33-31-76-29-27-74-25-23-72-21-19-70-17-15-68-13-8-49(64)79-52-50(57)45(55)38-46(56)51(52)58/h34,36-38,43H,2-33,35,39,59H2,1H3,(H,60,66)(H,61,63). The van der Waals surface area contributed by atoms with Gasteiger partial charge in [0.1, 0.15) is 6.10 Å². The predicted molar refractivity (Wildman–Crippen MR) is 285 cm³/mol. The molecule has 1 saturated carbocycles. The summed E-state index contributed by atoms with van der Waals surface area (Å²) in [4.78, 5) is 53.6. The quantitative estimate of drug-likeness (QED) is 0.0244. The van der Waals surface area contributed by atoms with Gasteiger partial charge in [0.2, 0.25) is 29.2 Å². The van der Waals surface area contributed by atoms with Gasteiger partial charge in [-0.25, -0.2) is 13.6 Å². The van der Waals surface area contributed by atoms with Crippen LogP contribution in [0, 0.1) is 23.3 Å². The summed E-state index contributed by atoms with van der Waals surface area (Å²) in [5, 5.41) is 5.73. The lowest BCUT2D eigenvalue weighted by atomic mass is 9.96. The summed E-state index contributed by atoms with van der Waals surface area (Å²) in [7, 11) is 0. The van der Waals surface area contributed by atoms with Crippen molar-refractivity contribution in [2.75, 3.05) is 165 Å². The molecule has 1 aromatic heterocycles. The van der Waals surface area contributed by atoms with E-state index in [1.165, 1.54) is 11.3 Å². The molecule has 1 heterocycles. The summed E-state index contributed by atoms with van der Waals surface area (Å²) >= 11 is 1.51. The van der Waals surface area contributed by atoms with Crippen LogP contribution in [0.15, 0.2) is 23.4 Å². The molecule has 4 N–H and O–H groups in total. The van der Waals surface area contributed by atoms with Crippen LogP contribution in [0.25, 0.3) is 12.2 Å². The Morgan fingerprint density at radius 3 is 1.52 bits per heavy atom. The number of carbonyl (C=O) groups excluding carboxylic acids is 4. The number of nitrogens with one attached hydrogen (secondary N) is 2. The molecular formula is C54H80F4N4O17S. The number of allylic oxidation sites excluding steroid dienone is 1. The van der Waals surface area contributed by atoms with Crippen molar-refractivity contribution in [3.63, 3.8) is 0 Å². The Labute approximate surface area is 469 Å². The number of benzene rings is 1. The number of hydrogen-bond acceptors (Lipinski definition) is 19. The minimum atomic E-state index is -1.80. The van der Waals surface area contributed by atoms with E-state index < -0.39 is 47.5 Å². The Bertz CT molecular complexity index is 2150. The van der Waals surface area contributed by atoms with Gasteiger partial charge in [-0.05, 0) is 55.9 Å². The topological polar surface area (TPSA) is 242 Å². The van der Waals surface area contributed by atoms with E-state index >= 15 is 0 Å². The van der Waals surface area contributed by atoms with Crippen molar-refractivity contribution in [1.29, 1.82) is 0 Å². The summed E-state index contributed by atoms with van der Waals surface area (Å²) in [5.74, 6) is -9.75. The van der Waals surface area contributed by atoms with Crippen LogP contribution < -0.4 is 21.1 Å². The number of ether oxygens (including phenoxy) is 13. The van der Waals surface area contributed by atoms with Crippen LogP contribution in [0.3, 0.4) is 0 Å². The van der Waals surface area contributed by atoms with Gasteiger partial charge in [0.25, 0.3) is 0 Å². The predicted octanol–water partition coefficient (Wildman–Crippen LogP) is 5.48. The van der Waals surface area contributed by atoms with Gasteiger partial charge in [-0.1, -0.05) is 6.92 Å². The van der Waals surface area contributed by atoms with Crippen molar-refractivity contribution in [2.24, 2.45) is 5.73 Å². The molecule has 0 unspecified atom stereocenters. The van der Waals surface area contributed by atoms with Gasteiger partial charge in [-0.3, -0.25) is 14.4 Å². The number of rotatable bonds is 47. The molecule has 0 aliphatic heterocycles. The van der Waals surface area contributed by atoms with Gasteiger partial charge >= 0.3 is 12.1 Å². The van der Waals surface area contributed by atoms with Crippen LogP contribution in [0.4, 0.5) is 22.4 Å². The SMILES string of the molecule is CCCN(CCCNC(=O)OC1CCC1)C(=O)C1=Cc2sc(CNC(=O)CCOCCOCCOCCOCCOCCOCCOCCOCCOCCOCCOCCC(=O)Oc3c(F)c(F)cc(F)c3F)cc2C=C(N)C1. The molecule has 0 bridgehead atoms. The number of nitrogens with two attached hydrogens (primary N) is 1. The van der Waals surface area contributed by atoms with Crippen LogP contribution in [0.1, 0.15) is 73.6 Å². The molecule has 452 valence electrons. The number of halogens is 4. The molecule has 3 amide bonds. The van der Waals surface area contributed by atoms with Gasteiger partial charge < -0.3 is 82.8 Å². The molecule has 26 heteroatoms. The average molecular weight is 1170 g/mol. The molecule has 0 spiro atoms. The molecular weight excluding hydrogens is 1080 g/mol. The fourth-order valence-corrected chi connectivity index (χ4v) is 8.29. The minimum Gasteiger partial charge on any atom is -0.446 e. The largest absolute Gasteiger partial charge is 0.446 e. The number of alkyl carbamates (subject to hydrolysis) is 1. The summed E-state index contributed by atoms with van der Waals surface area (Å²) in [6.07, 6.45) is 7.85. The van der Waals surface area contributed by atoms with E-state index in [9.17, 15) is 36.7 Å². The monoisotopic (exact) mass is 1160 g/mol. The third-order valence-corrected chi connectivity index (χ3v) is 12.6. The van der Waals surface area contributed by atoms with Gasteiger partial charge in [-0.15, -0.1) is 11.3 Å². The molecule has 21 nitrogen and oxygen atoms in total. The third-order valence-electron chi connectivity index (χ3n) is 11.5. The lowest BCUT2D eigenvalue weighted by molar-refractivity contribution is -0.136. The smallest absolute Gasteiger partial charge is 0.407 e. The van der Waals surface area contributed by atoms with E-state index in [1.807, 2.05) is 30.0 Å². The summed E-state index contributed by atoms with van der Waals surface area (Å²) in [5.41, 5.74) is 8.46. The summed E-state index contributed by atoms with van der Waals surface area (Å²) < 4.78 is 123. The Hall–Kier alpha value is -4.84. The third kappa shape index (κ3) is 29.2. The lowest BCUT2D eigenvalue weighted by Gasteiger charge is -2.25. The number of carbonyl (C=O) groups is 4. The zero-order valence-electron chi connectivity index (χ0n) is 45.8. The first-order chi connectivity index (χ1) is 38.9. The maximum Gasteiger partial charge on any atom is 0.407 e. The van der Waals surface area contributed by atoms with Gasteiger partial charge in [0.05, 0.1) is 158 Å². The zero-order valence-corrected chi connectivity index (χ0v) is 46.6. The van der Waals surface area contributed by atoms with Gasteiger partial charge in [0.15, 0.2) is 11.6 Å². The number of amides is 3. The van der Waals surface area contributed by atoms with Crippen molar-refractivity contribution in [2.45, 2.75) is 70.9 Å². The highest BCUT2D eigenvalue weighted by Crippen LogP contribution is 2.32. The minimum absolute atomic E-state index is 0.0142. The molecule has 4 rings (SSSR count). The Morgan fingerprint density at radius 1 is 0.613 bits per heavy atom. The molecule has 2 aliphatic rings. The van der Waals surface area contributed by atoms with E-state index in [-0.39, 0.29) is 63.4 Å². The average Bonchev–Trinajstić information content (AvgIpc) is 3.73. The number of hydrogen-bond donors (Lipinski definition) is 3. The van der Waals surface area contributed by atoms with E-state index in [2.05, 4.69) is 15.4 Å². The zero-order chi connectivity index (χ0) is 57.4. The van der Waals surface area contributed by atoms with Gasteiger partial charge in [-0.2, -0.15) is 8.78 Å². The fourth-order valence-electron chi connectivity index (χ4n) is 7.24. The molecule has 1 aromatic carbocycles. The Kier molecular flexibility index (Phi) is 35.6. The molecule has 0 saturated heterocycles. The molecule has 2 aromatic rings. The summed E-state index contributed by atoms with van der Waals surface area (Å²) in [6.45, 7) is 11.3. The Balaban J connectivity index is 0.837. The lowest BCUT2D eigenvalue weighted by Crippen LogP contribution is -2.37. The second-order valence-corrected chi connectivity index (χ2v) is 19.1. The van der Waals surface area contributed by atoms with E-state index in [0.717, 1.165) is 41.0 Å². The molecule has 0 atom stereocenters. The highest BCUT2D eigenvalue weighted by molar-refractivity contribution is 7.13. The van der Waals surface area contributed by atoms with Crippen molar-refractivity contribution in [1.82, 2.24) is 15.5 Å². The maximum absolute atomic E-state index is 13.7. The molecule has 1 fully saturated rings. The van der Waals surface area contributed by atoms with E-state index in [4.69, 9.17) is 62.6 Å². The number of fused-ring (bicyclic) bond motifs is 1. The Morgan fingerprint density at radius 2 is 1.07 bits per heavy atom. The molecule has 0 radical (unpaired) electrons. The maximum atomic E-state index is 13.7. The fraction of sp³-hybridized carbons (Fsp3) is 0.667. The second-order valence-electron chi connectivity index (χ2n) is 17.9. The summed E-state index contributed by atoms with van der Waals surface area (Å²) in [6, 6.07) is 2.00. The first-order valence-electron chi connectivity index (χ1n) is 27.1. The van der Waals surface area contributed by atoms with E-state index in [1.54, 1.807) is 0 Å². The molecule has 2 aliphatic carbocycles. The van der Waals surface area contributed by atoms with Crippen LogP contribution >= 0.6 is 11.3 Å². The normalized spacial score (nSPS) is 13.3. The second kappa shape index (κ2) is 42.0. The van der Waals surface area contributed by atoms with Crippen molar-refractivity contribution in [3.8, 4) is 5.75 Å². The highest BCUT2D eigenvalue weighted by atomic mass is 32.1.